The minimum Gasteiger partial charge on any atom is -0.394 e. The first-order valence-corrected chi connectivity index (χ1v) is 3.84. The molecule has 3 nitrogen and oxygen atoms in total. The van der Waals surface area contributed by atoms with Gasteiger partial charge in [0.1, 0.15) is 9.64 Å². The van der Waals surface area contributed by atoms with Crippen molar-refractivity contribution in [2.24, 2.45) is 0 Å². The van der Waals surface area contributed by atoms with Crippen LogP contribution in [-0.4, -0.2) is 22.5 Å². The number of hydrogen-bond donors (Lipinski definition) is 2. The van der Waals surface area contributed by atoms with Gasteiger partial charge in [0.2, 0.25) is 0 Å². The normalized spacial score (nSPS) is 13.9. The maximum atomic E-state index is 9.83. The molecular formula is C2H6O3S2. The molecule has 0 aromatic heterocycles. The van der Waals surface area contributed by atoms with Crippen LogP contribution in [0, 0.1) is 0 Å². The monoisotopic (exact) mass is 142 g/mol. The van der Waals surface area contributed by atoms with Gasteiger partial charge in [-0.2, -0.15) is 0 Å². The first-order valence-electron chi connectivity index (χ1n) is 1.65. The zero-order chi connectivity index (χ0) is 5.70. The van der Waals surface area contributed by atoms with E-state index >= 15 is 0 Å². The SMILES string of the molecule is O=[SH](=S)OCCO. The van der Waals surface area contributed by atoms with E-state index in [-0.39, 0.29) is 13.2 Å². The van der Waals surface area contributed by atoms with E-state index in [2.05, 4.69) is 15.4 Å². The summed E-state index contributed by atoms with van der Waals surface area (Å²) in [6, 6.07) is 0. The van der Waals surface area contributed by atoms with Crippen LogP contribution in [0.15, 0.2) is 0 Å². The molecule has 1 N–H and O–H groups in total. The van der Waals surface area contributed by atoms with Crippen LogP contribution in [0.3, 0.4) is 0 Å². The minimum atomic E-state index is -1.93. The molecule has 0 aliphatic rings. The summed E-state index contributed by atoms with van der Waals surface area (Å²) in [5.41, 5.74) is 0. The number of thiol groups is 1. The lowest BCUT2D eigenvalue weighted by Gasteiger charge is -1.86. The van der Waals surface area contributed by atoms with Gasteiger partial charge in [-0.05, 0) is 0 Å². The molecule has 0 spiro atoms. The van der Waals surface area contributed by atoms with Crippen molar-refractivity contribution in [1.29, 1.82) is 0 Å². The topological polar surface area (TPSA) is 46.5 Å². The van der Waals surface area contributed by atoms with Gasteiger partial charge < -0.3 is 5.11 Å². The molecule has 0 fully saturated rings. The van der Waals surface area contributed by atoms with Gasteiger partial charge >= 0.3 is 0 Å². The molecular weight excluding hydrogens is 136 g/mol. The van der Waals surface area contributed by atoms with Gasteiger partial charge in [-0.3, -0.25) is 4.18 Å². The maximum Gasteiger partial charge on any atom is 0.133 e. The molecule has 1 atom stereocenters. The van der Waals surface area contributed by atoms with Gasteiger partial charge in [-0.1, -0.05) is 0 Å². The van der Waals surface area contributed by atoms with Crippen molar-refractivity contribution < 1.29 is 13.5 Å². The summed E-state index contributed by atoms with van der Waals surface area (Å²) in [4.78, 5) is 0. The van der Waals surface area contributed by atoms with E-state index < -0.39 is 9.64 Å². The van der Waals surface area contributed by atoms with Crippen LogP contribution in [0.5, 0.6) is 0 Å². The summed E-state index contributed by atoms with van der Waals surface area (Å²) >= 11 is 4.12. The lowest BCUT2D eigenvalue weighted by molar-refractivity contribution is 0.217. The van der Waals surface area contributed by atoms with E-state index in [9.17, 15) is 4.21 Å². The third-order valence-corrected chi connectivity index (χ3v) is 0.998. The highest BCUT2D eigenvalue weighted by Gasteiger charge is 1.77. The molecule has 0 saturated carbocycles. The molecule has 0 aliphatic heterocycles. The summed E-state index contributed by atoms with van der Waals surface area (Å²) in [5.74, 6) is 0. The molecule has 7 heavy (non-hydrogen) atoms. The van der Waals surface area contributed by atoms with Crippen LogP contribution >= 0.6 is 0 Å². The van der Waals surface area contributed by atoms with Crippen LogP contribution < -0.4 is 0 Å². The van der Waals surface area contributed by atoms with E-state index in [1.165, 1.54) is 0 Å². The van der Waals surface area contributed by atoms with Crippen LogP contribution in [0.2, 0.25) is 0 Å². The van der Waals surface area contributed by atoms with Crippen LogP contribution in [0.25, 0.3) is 0 Å². The quantitative estimate of drug-likeness (QED) is 0.489. The zero-order valence-electron chi connectivity index (χ0n) is 3.53. The maximum absolute atomic E-state index is 9.83. The van der Waals surface area contributed by atoms with Crippen LogP contribution in [-0.2, 0) is 25.0 Å². The number of rotatable bonds is 3. The zero-order valence-corrected chi connectivity index (χ0v) is 5.24. The first-order chi connectivity index (χ1) is 3.27. The molecule has 0 bridgehead atoms. The second-order valence-electron chi connectivity index (χ2n) is 0.780. The fourth-order valence-electron chi connectivity index (χ4n) is 0.115. The molecule has 0 radical (unpaired) electrons. The van der Waals surface area contributed by atoms with E-state index in [1.54, 1.807) is 0 Å². The smallest absolute Gasteiger partial charge is 0.133 e. The van der Waals surface area contributed by atoms with Gasteiger partial charge in [-0.25, -0.2) is 4.21 Å². The number of aliphatic hydroxyl groups is 1. The summed E-state index contributed by atoms with van der Waals surface area (Å²) < 4.78 is 14.1. The summed E-state index contributed by atoms with van der Waals surface area (Å²) in [6.45, 7) is -0.0591. The summed E-state index contributed by atoms with van der Waals surface area (Å²) in [5, 5.41) is 8.02. The van der Waals surface area contributed by atoms with Gasteiger partial charge in [0.25, 0.3) is 0 Å². The third-order valence-electron chi connectivity index (χ3n) is 0.288. The average molecular weight is 142 g/mol. The lowest BCUT2D eigenvalue weighted by atomic mass is 10.8. The lowest BCUT2D eigenvalue weighted by Crippen LogP contribution is -1.95. The molecule has 0 amide bonds. The van der Waals surface area contributed by atoms with Gasteiger partial charge in [0.05, 0.1) is 13.2 Å². The van der Waals surface area contributed by atoms with Crippen molar-refractivity contribution >= 4 is 20.8 Å². The second kappa shape index (κ2) is 4.45. The van der Waals surface area contributed by atoms with Gasteiger partial charge in [-0.15, -0.1) is 0 Å². The first kappa shape index (κ1) is 7.29. The standard InChI is InChI=1S/C2H6O3S2/c3-1-2-5-7(4)6/h3,7H,1-2H2. The molecule has 0 saturated heterocycles. The molecule has 0 aromatic carbocycles. The molecule has 0 heterocycles. The number of aliphatic hydroxyl groups excluding tert-OH is 1. The highest BCUT2D eigenvalue weighted by Crippen LogP contribution is 1.68. The van der Waals surface area contributed by atoms with Crippen molar-refractivity contribution in [2.45, 2.75) is 0 Å². The summed E-state index contributed by atoms with van der Waals surface area (Å²) in [6.07, 6.45) is 0. The number of hydrogen-bond acceptors (Lipinski definition) is 4. The Kier molecular flexibility index (Phi) is 4.63. The fourth-order valence-corrected chi connectivity index (χ4v) is 0.570. The Hall–Kier alpha value is 0.290. The molecule has 0 rings (SSSR count). The van der Waals surface area contributed by atoms with Crippen molar-refractivity contribution in [1.82, 2.24) is 0 Å². The minimum absolute atomic E-state index is 0.0682. The highest BCUT2D eigenvalue weighted by molar-refractivity contribution is 8.19. The predicted molar refractivity (Wildman–Crippen MR) is 29.9 cm³/mol. The predicted octanol–water partition coefficient (Wildman–Crippen LogP) is -1.15. The van der Waals surface area contributed by atoms with Gasteiger partial charge in [0.15, 0.2) is 0 Å². The average Bonchev–Trinajstić information content (AvgIpc) is 1.61. The van der Waals surface area contributed by atoms with Gasteiger partial charge in [0, 0.05) is 11.2 Å². The van der Waals surface area contributed by atoms with E-state index in [4.69, 9.17) is 5.11 Å². The van der Waals surface area contributed by atoms with Crippen molar-refractivity contribution in [2.75, 3.05) is 13.2 Å². The van der Waals surface area contributed by atoms with E-state index in [1.807, 2.05) is 0 Å². The molecule has 44 valence electrons. The fraction of sp³-hybridized carbons (Fsp3) is 1.00. The van der Waals surface area contributed by atoms with Crippen LogP contribution in [0.1, 0.15) is 0 Å². The van der Waals surface area contributed by atoms with E-state index in [0.717, 1.165) is 0 Å². The van der Waals surface area contributed by atoms with Crippen LogP contribution in [0.4, 0.5) is 0 Å². The third kappa shape index (κ3) is 6.29. The Balaban J connectivity index is 2.98. The van der Waals surface area contributed by atoms with E-state index in [0.29, 0.717) is 0 Å². The van der Waals surface area contributed by atoms with Crippen molar-refractivity contribution in [3.63, 3.8) is 0 Å². The molecule has 0 aromatic rings. The van der Waals surface area contributed by atoms with Crippen molar-refractivity contribution in [3.8, 4) is 0 Å². The largest absolute Gasteiger partial charge is 0.394 e. The Labute approximate surface area is 48.2 Å². The molecule has 0 aliphatic carbocycles. The molecule has 1 unspecified atom stereocenters. The Morgan fingerprint density at radius 1 is 1.86 bits per heavy atom. The molecule has 5 heteroatoms. The van der Waals surface area contributed by atoms with Crippen molar-refractivity contribution in [3.05, 3.63) is 0 Å². The Morgan fingerprint density at radius 2 is 2.43 bits per heavy atom. The summed E-state index contributed by atoms with van der Waals surface area (Å²) in [7, 11) is -1.93. The Bertz CT molecular complexity index is 89.1. The highest BCUT2D eigenvalue weighted by atomic mass is 32.8. The second-order valence-corrected chi connectivity index (χ2v) is 2.38. The Morgan fingerprint density at radius 3 is 2.57 bits per heavy atom.